The van der Waals surface area contributed by atoms with Crippen LogP contribution >= 0.6 is 11.6 Å². The van der Waals surface area contributed by atoms with Crippen LogP contribution in [0.5, 0.6) is 17.2 Å². The van der Waals surface area contributed by atoms with Gasteiger partial charge in [0.05, 0.1) is 28.7 Å². The minimum absolute atomic E-state index is 0.0334. The molecular formula is C25H16ClN3O8. The number of rotatable bonds is 5. The van der Waals surface area contributed by atoms with E-state index in [1.54, 1.807) is 36.4 Å². The number of carbonyl (C=O) groups is 3. The lowest BCUT2D eigenvalue weighted by Gasteiger charge is -2.49. The number of amides is 3. The van der Waals surface area contributed by atoms with Gasteiger partial charge in [-0.3, -0.25) is 29.4 Å². The molecule has 6 rings (SSSR count). The Bertz CT molecular complexity index is 1540. The number of methoxy groups -OCH3 is 1. The predicted molar refractivity (Wildman–Crippen MR) is 128 cm³/mol. The Morgan fingerprint density at radius 3 is 2.49 bits per heavy atom. The van der Waals surface area contributed by atoms with Crippen molar-refractivity contribution in [2.75, 3.05) is 18.8 Å². The average Bonchev–Trinajstić information content (AvgIpc) is 3.45. The van der Waals surface area contributed by atoms with Crippen LogP contribution in [-0.4, -0.2) is 47.5 Å². The van der Waals surface area contributed by atoms with Gasteiger partial charge in [0.1, 0.15) is 17.4 Å². The van der Waals surface area contributed by atoms with Crippen molar-refractivity contribution < 1.29 is 33.5 Å². The molecule has 3 amide bonds. The lowest BCUT2D eigenvalue weighted by molar-refractivity contribution is -0.385. The second-order valence-electron chi connectivity index (χ2n) is 8.47. The fraction of sp³-hybridized carbons (Fsp3) is 0.160. The number of halogens is 1. The van der Waals surface area contributed by atoms with Crippen molar-refractivity contribution in [3.63, 3.8) is 0 Å². The number of anilines is 1. The number of fused-ring (bicyclic) bond motifs is 2. The summed E-state index contributed by atoms with van der Waals surface area (Å²) in [4.78, 5) is 53.4. The number of ether oxygens (including phenoxy) is 3. The molecule has 3 aromatic carbocycles. The molecule has 0 N–H and O–H groups in total. The summed E-state index contributed by atoms with van der Waals surface area (Å²) in [6, 6.07) is 11.6. The fourth-order valence-corrected chi connectivity index (χ4v) is 5.19. The Kier molecular flexibility index (Phi) is 5.06. The first-order valence-electron chi connectivity index (χ1n) is 11.0. The fourth-order valence-electron chi connectivity index (χ4n) is 4.94. The van der Waals surface area contributed by atoms with Crippen molar-refractivity contribution in [2.45, 2.75) is 12.1 Å². The molecular weight excluding hydrogens is 506 g/mol. The molecule has 186 valence electrons. The van der Waals surface area contributed by atoms with E-state index in [0.29, 0.717) is 28.5 Å². The number of nitro groups is 1. The van der Waals surface area contributed by atoms with Gasteiger partial charge in [0.15, 0.2) is 11.5 Å². The zero-order chi connectivity index (χ0) is 26.0. The van der Waals surface area contributed by atoms with Crippen LogP contribution in [0.4, 0.5) is 11.4 Å². The molecule has 1 fully saturated rings. The number of nitro benzene ring substituents is 1. The molecule has 0 aliphatic carbocycles. The topological polar surface area (TPSA) is 129 Å². The Labute approximate surface area is 213 Å². The summed E-state index contributed by atoms with van der Waals surface area (Å²) in [6.45, 7) is 0.0334. The Morgan fingerprint density at radius 2 is 1.76 bits per heavy atom. The second-order valence-corrected chi connectivity index (χ2v) is 8.87. The monoisotopic (exact) mass is 521 g/mol. The normalized spacial score (nSPS) is 19.7. The molecule has 0 unspecified atom stereocenters. The minimum Gasteiger partial charge on any atom is -0.495 e. The zero-order valence-corrected chi connectivity index (χ0v) is 19.8. The maximum absolute atomic E-state index is 13.6. The van der Waals surface area contributed by atoms with E-state index < -0.39 is 40.4 Å². The predicted octanol–water partition coefficient (Wildman–Crippen LogP) is 3.74. The van der Waals surface area contributed by atoms with Crippen LogP contribution in [0.2, 0.25) is 5.02 Å². The van der Waals surface area contributed by atoms with Crippen molar-refractivity contribution in [2.24, 2.45) is 0 Å². The maximum Gasteiger partial charge on any atom is 0.282 e. The lowest BCUT2D eigenvalue weighted by atomic mass is 9.86. The molecule has 3 aliphatic heterocycles. The van der Waals surface area contributed by atoms with Gasteiger partial charge in [-0.25, -0.2) is 0 Å². The summed E-state index contributed by atoms with van der Waals surface area (Å²) in [5.74, 6) is -0.866. The molecule has 1 saturated heterocycles. The van der Waals surface area contributed by atoms with Crippen LogP contribution in [-0.2, 0) is 4.79 Å². The van der Waals surface area contributed by atoms with Gasteiger partial charge in [0.2, 0.25) is 6.79 Å². The largest absolute Gasteiger partial charge is 0.495 e. The van der Waals surface area contributed by atoms with Gasteiger partial charge in [-0.2, -0.15) is 0 Å². The molecule has 12 heteroatoms. The quantitative estimate of drug-likeness (QED) is 0.215. The molecule has 0 saturated carbocycles. The van der Waals surface area contributed by atoms with E-state index in [0.717, 1.165) is 11.0 Å². The Balaban J connectivity index is 1.46. The molecule has 3 aromatic rings. The third-order valence-corrected chi connectivity index (χ3v) is 6.91. The van der Waals surface area contributed by atoms with E-state index in [-0.39, 0.29) is 22.9 Å². The van der Waals surface area contributed by atoms with Crippen molar-refractivity contribution in [3.8, 4) is 17.2 Å². The zero-order valence-electron chi connectivity index (χ0n) is 19.0. The van der Waals surface area contributed by atoms with Gasteiger partial charge in [-0.05, 0) is 42.0 Å². The first-order valence-corrected chi connectivity index (χ1v) is 11.4. The van der Waals surface area contributed by atoms with Crippen LogP contribution in [0.3, 0.4) is 0 Å². The number of benzene rings is 3. The van der Waals surface area contributed by atoms with Crippen LogP contribution in [0, 0.1) is 10.1 Å². The SMILES string of the molecule is COc1ccc(N2C(=O)[C@@H](N3C(=O)c4cccc([N+](=O)[O-])c4C3=O)[C@@H]2c2ccc3c(c2)OCO3)cc1Cl. The summed E-state index contributed by atoms with van der Waals surface area (Å²) in [5, 5.41) is 11.8. The minimum atomic E-state index is -1.26. The number of β-lactam (4-membered cyclic amide) rings is 1. The van der Waals surface area contributed by atoms with Gasteiger partial charge >= 0.3 is 0 Å². The van der Waals surface area contributed by atoms with Gasteiger partial charge < -0.3 is 19.1 Å². The third-order valence-electron chi connectivity index (χ3n) is 6.62. The van der Waals surface area contributed by atoms with Crippen molar-refractivity contribution in [3.05, 3.63) is 86.4 Å². The van der Waals surface area contributed by atoms with Gasteiger partial charge in [-0.1, -0.05) is 23.7 Å². The maximum atomic E-state index is 13.6. The van der Waals surface area contributed by atoms with Crippen molar-refractivity contribution in [1.29, 1.82) is 0 Å². The summed E-state index contributed by atoms with van der Waals surface area (Å²) < 4.78 is 16.1. The standard InChI is InChI=1S/C25H16ClN3O8/c1-35-17-8-6-13(10-15(17)26)27-21(12-5-7-18-19(9-12)37-11-36-18)22(25(27)32)28-23(30)14-3-2-4-16(29(33)34)20(14)24(28)31/h2-10,21-22H,11H2,1H3/t21-,22-/m0/s1. The smallest absolute Gasteiger partial charge is 0.282 e. The highest BCUT2D eigenvalue weighted by Gasteiger charge is 2.58. The van der Waals surface area contributed by atoms with Gasteiger partial charge in [0, 0.05) is 11.8 Å². The average molecular weight is 522 g/mol. The highest BCUT2D eigenvalue weighted by molar-refractivity contribution is 6.32. The molecule has 2 atom stereocenters. The molecule has 0 radical (unpaired) electrons. The lowest BCUT2D eigenvalue weighted by Crippen LogP contribution is -2.67. The van der Waals surface area contributed by atoms with Crippen molar-refractivity contribution in [1.82, 2.24) is 4.90 Å². The summed E-state index contributed by atoms with van der Waals surface area (Å²) in [6.07, 6.45) is 0. The number of carbonyl (C=O) groups excluding carboxylic acids is 3. The van der Waals surface area contributed by atoms with Gasteiger partial charge in [-0.15, -0.1) is 0 Å². The van der Waals surface area contributed by atoms with Gasteiger partial charge in [0.25, 0.3) is 23.4 Å². The molecule has 3 aliphatic rings. The summed E-state index contributed by atoms with van der Waals surface area (Å²) in [7, 11) is 1.46. The second kappa shape index (κ2) is 8.20. The molecule has 37 heavy (non-hydrogen) atoms. The van der Waals surface area contributed by atoms with Crippen molar-refractivity contribution >= 4 is 40.7 Å². The van der Waals surface area contributed by atoms with Crippen LogP contribution in [0.25, 0.3) is 0 Å². The van der Waals surface area contributed by atoms with Crippen LogP contribution in [0.15, 0.2) is 54.6 Å². The van der Waals surface area contributed by atoms with Crippen LogP contribution < -0.4 is 19.1 Å². The van der Waals surface area contributed by atoms with E-state index in [1.807, 2.05) is 0 Å². The molecule has 0 aromatic heterocycles. The van der Waals surface area contributed by atoms with E-state index in [9.17, 15) is 24.5 Å². The number of hydrogen-bond acceptors (Lipinski definition) is 8. The molecule has 3 heterocycles. The van der Waals surface area contributed by atoms with E-state index in [4.69, 9.17) is 25.8 Å². The number of hydrogen-bond donors (Lipinski definition) is 0. The van der Waals surface area contributed by atoms with E-state index in [1.165, 1.54) is 24.1 Å². The van der Waals surface area contributed by atoms with E-state index in [2.05, 4.69) is 0 Å². The first-order chi connectivity index (χ1) is 17.8. The molecule has 0 spiro atoms. The first kappa shape index (κ1) is 22.8. The molecule has 0 bridgehead atoms. The van der Waals surface area contributed by atoms with E-state index >= 15 is 0 Å². The summed E-state index contributed by atoms with van der Waals surface area (Å²) >= 11 is 6.31. The Morgan fingerprint density at radius 1 is 0.973 bits per heavy atom. The molecule has 11 nitrogen and oxygen atoms in total. The number of nitrogens with zero attached hydrogens (tertiary/aromatic N) is 3. The van der Waals surface area contributed by atoms with Crippen LogP contribution in [0.1, 0.15) is 32.3 Å². The summed E-state index contributed by atoms with van der Waals surface area (Å²) in [5.41, 5.74) is 0.0238. The highest BCUT2D eigenvalue weighted by Crippen LogP contribution is 2.48. The number of imide groups is 1. The highest BCUT2D eigenvalue weighted by atomic mass is 35.5. The third kappa shape index (κ3) is 3.24. The Hall–Kier alpha value is -4.64.